The summed E-state index contributed by atoms with van der Waals surface area (Å²) < 4.78 is 10.2. The number of ether oxygens (including phenoxy) is 2. The van der Waals surface area contributed by atoms with Crippen molar-refractivity contribution in [3.05, 3.63) is 54.1 Å². The van der Waals surface area contributed by atoms with E-state index in [0.29, 0.717) is 17.1 Å². The highest BCUT2D eigenvalue weighted by molar-refractivity contribution is 6.00. The predicted molar refractivity (Wildman–Crippen MR) is 104 cm³/mol. The number of carbonyl (C=O) groups is 3. The van der Waals surface area contributed by atoms with E-state index in [9.17, 15) is 14.4 Å². The number of rotatable bonds is 6. The highest BCUT2D eigenvalue weighted by Crippen LogP contribution is 2.27. The average Bonchev–Trinajstić information content (AvgIpc) is 3.10. The summed E-state index contributed by atoms with van der Waals surface area (Å²) in [4.78, 5) is 38.0. The fourth-order valence-corrected chi connectivity index (χ4v) is 2.97. The third-order valence-electron chi connectivity index (χ3n) is 4.52. The van der Waals surface area contributed by atoms with Crippen molar-refractivity contribution < 1.29 is 23.9 Å². The van der Waals surface area contributed by atoms with Crippen LogP contribution in [0.25, 0.3) is 0 Å². The lowest BCUT2D eigenvalue weighted by Crippen LogP contribution is -2.28. The minimum Gasteiger partial charge on any atom is -0.497 e. The first-order valence-electron chi connectivity index (χ1n) is 8.94. The molecular weight excluding hydrogens is 360 g/mol. The molecule has 1 N–H and O–H groups in total. The lowest BCUT2D eigenvalue weighted by molar-refractivity contribution is -0.151. The van der Waals surface area contributed by atoms with E-state index in [2.05, 4.69) is 5.32 Å². The maximum atomic E-state index is 12.3. The summed E-state index contributed by atoms with van der Waals surface area (Å²) in [5.41, 5.74) is 2.41. The maximum Gasteiger partial charge on any atom is 0.311 e. The Labute approximate surface area is 163 Å². The van der Waals surface area contributed by atoms with Crippen molar-refractivity contribution >= 4 is 29.2 Å². The van der Waals surface area contributed by atoms with Gasteiger partial charge in [-0.15, -0.1) is 0 Å². The van der Waals surface area contributed by atoms with Crippen LogP contribution in [-0.2, 0) is 19.1 Å². The Bertz CT molecular complexity index is 861. The van der Waals surface area contributed by atoms with E-state index in [-0.39, 0.29) is 25.5 Å². The summed E-state index contributed by atoms with van der Waals surface area (Å²) >= 11 is 0. The Hall–Kier alpha value is -3.35. The van der Waals surface area contributed by atoms with Gasteiger partial charge < -0.3 is 19.7 Å². The van der Waals surface area contributed by atoms with Crippen LogP contribution in [0.4, 0.5) is 11.4 Å². The molecule has 1 atom stereocenters. The van der Waals surface area contributed by atoms with Crippen LogP contribution in [0.5, 0.6) is 5.75 Å². The SMILES string of the molecule is COc1ccc(N2C[C@H](C(=O)OCC(=O)Nc3ccc(C)cc3)CC2=O)cc1. The fraction of sp³-hybridized carbons (Fsp3) is 0.286. The molecule has 0 aliphatic carbocycles. The molecule has 0 spiro atoms. The van der Waals surface area contributed by atoms with Crippen LogP contribution in [0.2, 0.25) is 0 Å². The van der Waals surface area contributed by atoms with Crippen LogP contribution in [0, 0.1) is 12.8 Å². The van der Waals surface area contributed by atoms with Gasteiger partial charge in [0.05, 0.1) is 13.0 Å². The van der Waals surface area contributed by atoms with Crippen molar-refractivity contribution in [3.8, 4) is 5.75 Å². The number of benzene rings is 2. The number of esters is 1. The van der Waals surface area contributed by atoms with Gasteiger partial charge >= 0.3 is 5.97 Å². The van der Waals surface area contributed by atoms with E-state index < -0.39 is 17.8 Å². The van der Waals surface area contributed by atoms with Gasteiger partial charge in [0.1, 0.15) is 5.75 Å². The molecule has 0 unspecified atom stereocenters. The van der Waals surface area contributed by atoms with Crippen molar-refractivity contribution in [2.75, 3.05) is 30.5 Å². The molecule has 0 saturated carbocycles. The standard InChI is InChI=1S/C21H22N2O5/c1-14-3-5-16(6-4-14)22-19(24)13-28-21(26)15-11-20(25)23(12-15)17-7-9-18(27-2)10-8-17/h3-10,15H,11-13H2,1-2H3,(H,22,24)/t15-/m1/s1. The van der Waals surface area contributed by atoms with E-state index >= 15 is 0 Å². The minimum absolute atomic E-state index is 0.0600. The Morgan fingerprint density at radius 3 is 2.43 bits per heavy atom. The zero-order valence-corrected chi connectivity index (χ0v) is 15.8. The van der Waals surface area contributed by atoms with Gasteiger partial charge in [0, 0.05) is 24.3 Å². The molecule has 7 nitrogen and oxygen atoms in total. The Morgan fingerprint density at radius 2 is 1.79 bits per heavy atom. The van der Waals surface area contributed by atoms with Crippen molar-refractivity contribution in [3.63, 3.8) is 0 Å². The molecule has 2 amide bonds. The zero-order valence-electron chi connectivity index (χ0n) is 15.8. The van der Waals surface area contributed by atoms with Crippen LogP contribution < -0.4 is 15.0 Å². The molecule has 2 aromatic rings. The normalized spacial score (nSPS) is 16.0. The first kappa shape index (κ1) is 19.4. The van der Waals surface area contributed by atoms with Gasteiger partial charge in [-0.1, -0.05) is 17.7 Å². The first-order chi connectivity index (χ1) is 13.5. The average molecular weight is 382 g/mol. The molecule has 1 heterocycles. The molecule has 0 radical (unpaired) electrons. The Morgan fingerprint density at radius 1 is 1.11 bits per heavy atom. The van der Waals surface area contributed by atoms with Gasteiger partial charge in [0.25, 0.3) is 5.91 Å². The van der Waals surface area contributed by atoms with Crippen LogP contribution in [0.1, 0.15) is 12.0 Å². The lowest BCUT2D eigenvalue weighted by Gasteiger charge is -2.16. The van der Waals surface area contributed by atoms with E-state index in [1.807, 2.05) is 19.1 Å². The monoisotopic (exact) mass is 382 g/mol. The molecule has 1 saturated heterocycles. The number of nitrogens with zero attached hydrogens (tertiary/aromatic N) is 1. The molecule has 2 aromatic carbocycles. The molecule has 28 heavy (non-hydrogen) atoms. The zero-order chi connectivity index (χ0) is 20.1. The van der Waals surface area contributed by atoms with Gasteiger partial charge in [-0.3, -0.25) is 14.4 Å². The molecule has 1 aliphatic rings. The second-order valence-electron chi connectivity index (χ2n) is 6.63. The maximum absolute atomic E-state index is 12.3. The Balaban J connectivity index is 1.51. The number of amides is 2. The third kappa shape index (κ3) is 4.68. The summed E-state index contributed by atoms with van der Waals surface area (Å²) in [6, 6.07) is 14.3. The van der Waals surface area contributed by atoms with Crippen molar-refractivity contribution in [2.45, 2.75) is 13.3 Å². The second kappa shape index (κ2) is 8.56. The van der Waals surface area contributed by atoms with Gasteiger partial charge in [-0.2, -0.15) is 0 Å². The van der Waals surface area contributed by atoms with Crippen molar-refractivity contribution in [1.82, 2.24) is 0 Å². The Kier molecular flexibility index (Phi) is 5.93. The number of nitrogens with one attached hydrogen (secondary N) is 1. The van der Waals surface area contributed by atoms with Crippen molar-refractivity contribution in [2.24, 2.45) is 5.92 Å². The van der Waals surface area contributed by atoms with E-state index in [0.717, 1.165) is 5.56 Å². The van der Waals surface area contributed by atoms with Crippen LogP contribution in [0.15, 0.2) is 48.5 Å². The summed E-state index contributed by atoms with van der Waals surface area (Å²) in [6.07, 6.45) is 0.0600. The van der Waals surface area contributed by atoms with Crippen LogP contribution in [-0.4, -0.2) is 38.0 Å². The number of aryl methyl sites for hydroxylation is 1. The van der Waals surface area contributed by atoms with E-state index in [1.54, 1.807) is 43.5 Å². The fourth-order valence-electron chi connectivity index (χ4n) is 2.97. The number of carbonyl (C=O) groups excluding carboxylic acids is 3. The smallest absolute Gasteiger partial charge is 0.311 e. The molecule has 146 valence electrons. The summed E-state index contributed by atoms with van der Waals surface area (Å²) in [5, 5.41) is 2.66. The van der Waals surface area contributed by atoms with Crippen molar-refractivity contribution in [1.29, 1.82) is 0 Å². The van der Waals surface area contributed by atoms with Gasteiger partial charge in [-0.05, 0) is 43.3 Å². The molecule has 0 aromatic heterocycles. The van der Waals surface area contributed by atoms with Gasteiger partial charge in [0.2, 0.25) is 5.91 Å². The van der Waals surface area contributed by atoms with Gasteiger partial charge in [0.15, 0.2) is 6.61 Å². The lowest BCUT2D eigenvalue weighted by atomic mass is 10.1. The number of hydrogen-bond donors (Lipinski definition) is 1. The topological polar surface area (TPSA) is 84.9 Å². The molecule has 7 heteroatoms. The summed E-state index contributed by atoms with van der Waals surface area (Å²) in [5.74, 6) is -1.04. The van der Waals surface area contributed by atoms with E-state index in [4.69, 9.17) is 9.47 Å². The highest BCUT2D eigenvalue weighted by atomic mass is 16.5. The number of hydrogen-bond acceptors (Lipinski definition) is 5. The first-order valence-corrected chi connectivity index (χ1v) is 8.94. The predicted octanol–water partition coefficient (Wildman–Crippen LogP) is 2.54. The molecular formula is C21H22N2O5. The summed E-state index contributed by atoms with van der Waals surface area (Å²) in [6.45, 7) is 1.79. The highest BCUT2D eigenvalue weighted by Gasteiger charge is 2.36. The number of anilines is 2. The van der Waals surface area contributed by atoms with Crippen LogP contribution in [0.3, 0.4) is 0 Å². The van der Waals surface area contributed by atoms with Crippen LogP contribution >= 0.6 is 0 Å². The molecule has 1 fully saturated rings. The summed E-state index contributed by atoms with van der Waals surface area (Å²) in [7, 11) is 1.57. The van der Waals surface area contributed by atoms with E-state index in [1.165, 1.54) is 4.90 Å². The molecule has 3 rings (SSSR count). The second-order valence-corrected chi connectivity index (χ2v) is 6.63. The third-order valence-corrected chi connectivity index (χ3v) is 4.52. The molecule has 0 bridgehead atoms. The quantitative estimate of drug-likeness (QED) is 0.776. The van der Waals surface area contributed by atoms with Gasteiger partial charge in [-0.25, -0.2) is 0 Å². The molecule has 1 aliphatic heterocycles. The largest absolute Gasteiger partial charge is 0.497 e. The number of methoxy groups -OCH3 is 1. The minimum atomic E-state index is -0.596.